The number of aryl methyl sites for hydroxylation is 2. The van der Waals surface area contributed by atoms with Gasteiger partial charge in [0.2, 0.25) is 0 Å². The second kappa shape index (κ2) is 6.95. The number of rotatable bonds is 5. The molecule has 0 fully saturated rings. The summed E-state index contributed by atoms with van der Waals surface area (Å²) in [5.41, 5.74) is 5.18. The van der Waals surface area contributed by atoms with Crippen molar-refractivity contribution in [2.45, 2.75) is 12.8 Å². The summed E-state index contributed by atoms with van der Waals surface area (Å²) in [6.45, 7) is 0. The van der Waals surface area contributed by atoms with E-state index in [-0.39, 0.29) is 0 Å². The molecule has 0 bridgehead atoms. The van der Waals surface area contributed by atoms with E-state index in [9.17, 15) is 0 Å². The van der Waals surface area contributed by atoms with Crippen LogP contribution < -0.4 is 4.74 Å². The lowest BCUT2D eigenvalue weighted by Crippen LogP contribution is -1.91. The van der Waals surface area contributed by atoms with E-state index in [4.69, 9.17) is 4.74 Å². The smallest absolute Gasteiger partial charge is 0.119 e. The number of hydrogen-bond acceptors (Lipinski definition) is 1. The Balaban J connectivity index is 1.77. The van der Waals surface area contributed by atoms with Crippen LogP contribution >= 0.6 is 0 Å². The highest BCUT2D eigenvalue weighted by Crippen LogP contribution is 2.24. The molecule has 0 aliphatic carbocycles. The van der Waals surface area contributed by atoms with Crippen molar-refractivity contribution < 1.29 is 4.74 Å². The zero-order chi connectivity index (χ0) is 15.2. The van der Waals surface area contributed by atoms with Crippen LogP contribution in [0.1, 0.15) is 11.1 Å². The Labute approximate surface area is 132 Å². The molecule has 0 aliphatic rings. The van der Waals surface area contributed by atoms with E-state index in [1.165, 1.54) is 22.3 Å². The SMILES string of the molecule is COc1cccc(-c2cccc(CCc3ccccc3)c2)c1. The van der Waals surface area contributed by atoms with Crippen molar-refractivity contribution in [3.05, 3.63) is 90.0 Å². The highest BCUT2D eigenvalue weighted by molar-refractivity contribution is 5.65. The van der Waals surface area contributed by atoms with Crippen molar-refractivity contribution in [1.29, 1.82) is 0 Å². The van der Waals surface area contributed by atoms with Crippen LogP contribution in [0.25, 0.3) is 11.1 Å². The first-order valence-corrected chi connectivity index (χ1v) is 7.62. The number of hydrogen-bond donors (Lipinski definition) is 0. The van der Waals surface area contributed by atoms with E-state index in [0.717, 1.165) is 18.6 Å². The number of methoxy groups -OCH3 is 1. The molecule has 0 atom stereocenters. The van der Waals surface area contributed by atoms with Crippen LogP contribution in [0.3, 0.4) is 0 Å². The largest absolute Gasteiger partial charge is 0.497 e. The van der Waals surface area contributed by atoms with Gasteiger partial charge in [0, 0.05) is 0 Å². The number of benzene rings is 3. The van der Waals surface area contributed by atoms with Crippen molar-refractivity contribution >= 4 is 0 Å². The lowest BCUT2D eigenvalue weighted by atomic mass is 9.99. The predicted octanol–water partition coefficient (Wildman–Crippen LogP) is 5.15. The van der Waals surface area contributed by atoms with Crippen LogP contribution in [0, 0.1) is 0 Å². The van der Waals surface area contributed by atoms with Gasteiger partial charge in [-0.3, -0.25) is 0 Å². The highest BCUT2D eigenvalue weighted by atomic mass is 16.5. The third kappa shape index (κ3) is 3.56. The maximum absolute atomic E-state index is 5.31. The summed E-state index contributed by atoms with van der Waals surface area (Å²) in [4.78, 5) is 0. The molecule has 0 aromatic heterocycles. The van der Waals surface area contributed by atoms with Crippen LogP contribution in [-0.4, -0.2) is 7.11 Å². The highest BCUT2D eigenvalue weighted by Gasteiger charge is 2.02. The van der Waals surface area contributed by atoms with Gasteiger partial charge in [-0.15, -0.1) is 0 Å². The Morgan fingerprint density at radius 3 is 2.05 bits per heavy atom. The molecule has 0 aliphatic heterocycles. The van der Waals surface area contributed by atoms with Crippen LogP contribution in [0.5, 0.6) is 5.75 Å². The van der Waals surface area contributed by atoms with Gasteiger partial charge in [0.15, 0.2) is 0 Å². The van der Waals surface area contributed by atoms with Crippen molar-refractivity contribution in [1.82, 2.24) is 0 Å². The first kappa shape index (κ1) is 14.4. The van der Waals surface area contributed by atoms with Crippen molar-refractivity contribution in [2.24, 2.45) is 0 Å². The van der Waals surface area contributed by atoms with Gasteiger partial charge in [0.25, 0.3) is 0 Å². The van der Waals surface area contributed by atoms with Gasteiger partial charge in [-0.05, 0) is 47.2 Å². The number of ether oxygens (including phenoxy) is 1. The van der Waals surface area contributed by atoms with Gasteiger partial charge >= 0.3 is 0 Å². The molecule has 0 amide bonds. The van der Waals surface area contributed by atoms with E-state index in [1.54, 1.807) is 7.11 Å². The molecule has 0 N–H and O–H groups in total. The summed E-state index contributed by atoms with van der Waals surface area (Å²) in [7, 11) is 1.70. The Hall–Kier alpha value is -2.54. The fraction of sp³-hybridized carbons (Fsp3) is 0.143. The lowest BCUT2D eigenvalue weighted by molar-refractivity contribution is 0.415. The maximum Gasteiger partial charge on any atom is 0.119 e. The summed E-state index contributed by atoms with van der Waals surface area (Å²) in [5.74, 6) is 0.896. The predicted molar refractivity (Wildman–Crippen MR) is 92.3 cm³/mol. The summed E-state index contributed by atoms with van der Waals surface area (Å²) in [6.07, 6.45) is 2.13. The molecule has 0 saturated carbocycles. The first-order chi connectivity index (χ1) is 10.8. The molecule has 0 unspecified atom stereocenters. The third-order valence-corrected chi connectivity index (χ3v) is 3.88. The molecule has 0 spiro atoms. The van der Waals surface area contributed by atoms with Gasteiger partial charge in [-0.2, -0.15) is 0 Å². The van der Waals surface area contributed by atoms with Gasteiger partial charge in [-0.1, -0.05) is 66.7 Å². The molecule has 3 aromatic carbocycles. The molecule has 1 nitrogen and oxygen atoms in total. The van der Waals surface area contributed by atoms with Gasteiger partial charge in [0.1, 0.15) is 5.75 Å². The Kier molecular flexibility index (Phi) is 4.55. The van der Waals surface area contributed by atoms with E-state index in [2.05, 4.69) is 66.7 Å². The molecule has 0 heterocycles. The normalized spacial score (nSPS) is 10.4. The maximum atomic E-state index is 5.31. The van der Waals surface area contributed by atoms with Gasteiger partial charge in [0.05, 0.1) is 7.11 Å². The average molecular weight is 288 g/mol. The first-order valence-electron chi connectivity index (χ1n) is 7.62. The molecule has 1 heteroatoms. The van der Waals surface area contributed by atoms with Gasteiger partial charge < -0.3 is 4.74 Å². The zero-order valence-corrected chi connectivity index (χ0v) is 12.8. The zero-order valence-electron chi connectivity index (χ0n) is 12.8. The van der Waals surface area contributed by atoms with Crippen LogP contribution in [-0.2, 0) is 12.8 Å². The standard InChI is InChI=1S/C21H20O/c1-22-21-12-6-11-20(16-21)19-10-5-9-18(15-19)14-13-17-7-3-2-4-8-17/h2-12,15-16H,13-14H2,1H3. The molecular weight excluding hydrogens is 268 g/mol. The van der Waals surface area contributed by atoms with Gasteiger partial charge in [-0.25, -0.2) is 0 Å². The summed E-state index contributed by atoms with van der Waals surface area (Å²) < 4.78 is 5.31. The molecule has 0 saturated heterocycles. The fourth-order valence-electron chi connectivity index (χ4n) is 2.64. The Morgan fingerprint density at radius 1 is 0.636 bits per heavy atom. The minimum atomic E-state index is 0.896. The van der Waals surface area contributed by atoms with Crippen LogP contribution in [0.4, 0.5) is 0 Å². The Bertz CT molecular complexity index is 732. The van der Waals surface area contributed by atoms with E-state index >= 15 is 0 Å². The monoisotopic (exact) mass is 288 g/mol. The van der Waals surface area contributed by atoms with Crippen molar-refractivity contribution in [2.75, 3.05) is 7.11 Å². The molecule has 0 radical (unpaired) electrons. The van der Waals surface area contributed by atoms with E-state index < -0.39 is 0 Å². The molecule has 110 valence electrons. The fourth-order valence-corrected chi connectivity index (χ4v) is 2.64. The summed E-state index contributed by atoms with van der Waals surface area (Å²) >= 11 is 0. The quantitative estimate of drug-likeness (QED) is 0.631. The van der Waals surface area contributed by atoms with Crippen molar-refractivity contribution in [3.63, 3.8) is 0 Å². The van der Waals surface area contributed by atoms with Crippen LogP contribution in [0.15, 0.2) is 78.9 Å². The summed E-state index contributed by atoms with van der Waals surface area (Å²) in [5, 5.41) is 0. The topological polar surface area (TPSA) is 9.23 Å². The second-order valence-corrected chi connectivity index (χ2v) is 5.42. The van der Waals surface area contributed by atoms with Crippen LogP contribution in [0.2, 0.25) is 0 Å². The Morgan fingerprint density at radius 2 is 1.27 bits per heavy atom. The molecular formula is C21H20O. The summed E-state index contributed by atoms with van der Waals surface area (Å²) in [6, 6.07) is 27.6. The third-order valence-electron chi connectivity index (χ3n) is 3.88. The second-order valence-electron chi connectivity index (χ2n) is 5.42. The average Bonchev–Trinajstić information content (AvgIpc) is 2.61. The minimum Gasteiger partial charge on any atom is -0.497 e. The van der Waals surface area contributed by atoms with Crippen molar-refractivity contribution in [3.8, 4) is 16.9 Å². The molecule has 22 heavy (non-hydrogen) atoms. The van der Waals surface area contributed by atoms with E-state index in [0.29, 0.717) is 0 Å². The minimum absolute atomic E-state index is 0.896. The lowest BCUT2D eigenvalue weighted by Gasteiger charge is -2.07. The van der Waals surface area contributed by atoms with E-state index in [1.807, 2.05) is 12.1 Å². The molecule has 3 aromatic rings. The molecule has 3 rings (SSSR count).